The normalized spacial score (nSPS) is 22.8. The maximum atomic E-state index is 11.4. The van der Waals surface area contributed by atoms with E-state index in [4.69, 9.17) is 0 Å². The number of thioether (sulfide) groups is 1. The first-order chi connectivity index (χ1) is 6.83. The predicted octanol–water partition coefficient (Wildman–Crippen LogP) is 0.998. The SMILES string of the molecule is CSCCC(=O)NC1CCCCNC1. The Kier molecular flexibility index (Phi) is 6.03. The molecule has 1 unspecified atom stereocenters. The van der Waals surface area contributed by atoms with Crippen LogP contribution in [-0.2, 0) is 4.79 Å². The van der Waals surface area contributed by atoms with Gasteiger partial charge in [-0.25, -0.2) is 0 Å². The van der Waals surface area contributed by atoms with Gasteiger partial charge in [-0.05, 0) is 25.6 Å². The van der Waals surface area contributed by atoms with E-state index in [1.54, 1.807) is 11.8 Å². The van der Waals surface area contributed by atoms with Gasteiger partial charge in [-0.15, -0.1) is 0 Å². The first kappa shape index (κ1) is 11.9. The van der Waals surface area contributed by atoms with Gasteiger partial charge < -0.3 is 10.6 Å². The summed E-state index contributed by atoms with van der Waals surface area (Å²) < 4.78 is 0. The minimum absolute atomic E-state index is 0.202. The lowest BCUT2D eigenvalue weighted by Gasteiger charge is -2.15. The third-order valence-electron chi connectivity index (χ3n) is 2.45. The molecule has 1 amide bonds. The van der Waals surface area contributed by atoms with Crippen LogP contribution in [0.5, 0.6) is 0 Å². The van der Waals surface area contributed by atoms with Crippen molar-refractivity contribution in [2.75, 3.05) is 25.1 Å². The summed E-state index contributed by atoms with van der Waals surface area (Å²) in [6.45, 7) is 2.03. The van der Waals surface area contributed by atoms with Gasteiger partial charge in [-0.1, -0.05) is 6.42 Å². The molecule has 1 fully saturated rings. The van der Waals surface area contributed by atoms with E-state index in [2.05, 4.69) is 10.6 Å². The summed E-state index contributed by atoms with van der Waals surface area (Å²) in [6, 6.07) is 0.354. The van der Waals surface area contributed by atoms with Gasteiger partial charge in [-0.3, -0.25) is 4.79 Å². The Hall–Kier alpha value is -0.220. The number of hydrogen-bond acceptors (Lipinski definition) is 3. The highest BCUT2D eigenvalue weighted by atomic mass is 32.2. The van der Waals surface area contributed by atoms with E-state index in [0.29, 0.717) is 12.5 Å². The fraction of sp³-hybridized carbons (Fsp3) is 0.900. The van der Waals surface area contributed by atoms with Crippen molar-refractivity contribution in [1.29, 1.82) is 0 Å². The fourth-order valence-corrected chi connectivity index (χ4v) is 2.03. The van der Waals surface area contributed by atoms with Crippen LogP contribution < -0.4 is 10.6 Å². The quantitative estimate of drug-likeness (QED) is 0.736. The number of carbonyl (C=O) groups is 1. The van der Waals surface area contributed by atoms with Crippen LogP contribution in [0.1, 0.15) is 25.7 Å². The van der Waals surface area contributed by atoms with Gasteiger partial charge >= 0.3 is 0 Å². The van der Waals surface area contributed by atoms with Crippen molar-refractivity contribution >= 4 is 17.7 Å². The lowest BCUT2D eigenvalue weighted by Crippen LogP contribution is -2.40. The highest BCUT2D eigenvalue weighted by Crippen LogP contribution is 2.04. The summed E-state index contributed by atoms with van der Waals surface area (Å²) in [6.07, 6.45) is 6.26. The molecule has 1 aliphatic heterocycles. The summed E-state index contributed by atoms with van der Waals surface area (Å²) >= 11 is 1.72. The Balaban J connectivity index is 2.17. The van der Waals surface area contributed by atoms with Gasteiger partial charge in [0.1, 0.15) is 0 Å². The summed E-state index contributed by atoms with van der Waals surface area (Å²) in [7, 11) is 0. The summed E-state index contributed by atoms with van der Waals surface area (Å²) in [5.41, 5.74) is 0. The lowest BCUT2D eigenvalue weighted by molar-refractivity contribution is -0.121. The molecule has 0 radical (unpaired) electrons. The van der Waals surface area contributed by atoms with E-state index >= 15 is 0 Å². The summed E-state index contributed by atoms with van der Waals surface area (Å²) in [5, 5.41) is 6.42. The second kappa shape index (κ2) is 7.12. The molecular formula is C10H20N2OS. The standard InChI is InChI=1S/C10H20N2OS/c1-14-7-5-10(13)12-9-4-2-3-6-11-8-9/h9,11H,2-8H2,1H3,(H,12,13). The van der Waals surface area contributed by atoms with Gasteiger partial charge in [0.05, 0.1) is 0 Å². The molecule has 1 rings (SSSR count). The molecule has 0 saturated carbocycles. The predicted molar refractivity (Wildman–Crippen MR) is 61.7 cm³/mol. The van der Waals surface area contributed by atoms with Crippen molar-refractivity contribution in [3.63, 3.8) is 0 Å². The van der Waals surface area contributed by atoms with E-state index in [9.17, 15) is 4.79 Å². The maximum Gasteiger partial charge on any atom is 0.221 e. The molecule has 0 spiro atoms. The van der Waals surface area contributed by atoms with E-state index in [1.807, 2.05) is 6.26 Å². The molecule has 2 N–H and O–H groups in total. The largest absolute Gasteiger partial charge is 0.352 e. The Labute approximate surface area is 90.4 Å². The third kappa shape index (κ3) is 4.86. The molecule has 14 heavy (non-hydrogen) atoms. The Morgan fingerprint density at radius 3 is 3.21 bits per heavy atom. The molecule has 0 aromatic carbocycles. The monoisotopic (exact) mass is 216 g/mol. The highest BCUT2D eigenvalue weighted by molar-refractivity contribution is 7.98. The van der Waals surface area contributed by atoms with Crippen LogP contribution in [0.4, 0.5) is 0 Å². The molecule has 1 saturated heterocycles. The minimum Gasteiger partial charge on any atom is -0.352 e. The number of amides is 1. The summed E-state index contributed by atoms with van der Waals surface area (Å²) in [4.78, 5) is 11.4. The van der Waals surface area contributed by atoms with Crippen molar-refractivity contribution in [3.05, 3.63) is 0 Å². The number of rotatable bonds is 4. The van der Waals surface area contributed by atoms with Crippen molar-refractivity contribution in [3.8, 4) is 0 Å². The molecule has 4 heteroatoms. The smallest absolute Gasteiger partial charge is 0.221 e. The van der Waals surface area contributed by atoms with E-state index in [-0.39, 0.29) is 5.91 Å². The number of hydrogen-bond donors (Lipinski definition) is 2. The van der Waals surface area contributed by atoms with Gasteiger partial charge in [-0.2, -0.15) is 11.8 Å². The Bertz CT molecular complexity index is 168. The van der Waals surface area contributed by atoms with Crippen LogP contribution in [0.15, 0.2) is 0 Å². The van der Waals surface area contributed by atoms with Gasteiger partial charge in [0, 0.05) is 24.8 Å². The molecule has 0 aromatic rings. The zero-order chi connectivity index (χ0) is 10.2. The van der Waals surface area contributed by atoms with Crippen LogP contribution in [0.25, 0.3) is 0 Å². The Morgan fingerprint density at radius 1 is 1.57 bits per heavy atom. The van der Waals surface area contributed by atoms with Gasteiger partial charge in [0.2, 0.25) is 5.91 Å². The lowest BCUT2D eigenvalue weighted by atomic mass is 10.1. The van der Waals surface area contributed by atoms with Crippen LogP contribution in [-0.4, -0.2) is 37.0 Å². The van der Waals surface area contributed by atoms with Gasteiger partial charge in [0.25, 0.3) is 0 Å². The molecule has 3 nitrogen and oxygen atoms in total. The van der Waals surface area contributed by atoms with E-state index in [0.717, 1.165) is 25.3 Å². The first-order valence-corrected chi connectivity index (χ1v) is 6.71. The minimum atomic E-state index is 0.202. The van der Waals surface area contributed by atoms with Crippen LogP contribution >= 0.6 is 11.8 Å². The van der Waals surface area contributed by atoms with Crippen LogP contribution in [0, 0.1) is 0 Å². The molecule has 0 aromatic heterocycles. The third-order valence-corrected chi connectivity index (χ3v) is 3.06. The first-order valence-electron chi connectivity index (χ1n) is 5.32. The molecule has 82 valence electrons. The Morgan fingerprint density at radius 2 is 2.43 bits per heavy atom. The molecule has 1 atom stereocenters. The zero-order valence-corrected chi connectivity index (χ0v) is 9.66. The average molecular weight is 216 g/mol. The molecule has 1 aliphatic rings. The second-order valence-electron chi connectivity index (χ2n) is 3.71. The van der Waals surface area contributed by atoms with Crippen LogP contribution in [0.3, 0.4) is 0 Å². The number of nitrogens with one attached hydrogen (secondary N) is 2. The molecular weight excluding hydrogens is 196 g/mol. The zero-order valence-electron chi connectivity index (χ0n) is 8.84. The van der Waals surface area contributed by atoms with Crippen molar-refractivity contribution in [1.82, 2.24) is 10.6 Å². The molecule has 0 aliphatic carbocycles. The maximum absolute atomic E-state index is 11.4. The second-order valence-corrected chi connectivity index (χ2v) is 4.69. The highest BCUT2D eigenvalue weighted by Gasteiger charge is 2.13. The number of carbonyl (C=O) groups excluding carboxylic acids is 1. The molecule has 0 bridgehead atoms. The van der Waals surface area contributed by atoms with Crippen molar-refractivity contribution in [2.24, 2.45) is 0 Å². The average Bonchev–Trinajstić information content (AvgIpc) is 2.43. The topological polar surface area (TPSA) is 41.1 Å². The van der Waals surface area contributed by atoms with E-state index in [1.165, 1.54) is 12.8 Å². The summed E-state index contributed by atoms with van der Waals surface area (Å²) in [5.74, 6) is 1.12. The van der Waals surface area contributed by atoms with Crippen molar-refractivity contribution in [2.45, 2.75) is 31.7 Å². The van der Waals surface area contributed by atoms with Crippen molar-refractivity contribution < 1.29 is 4.79 Å². The molecule has 1 heterocycles. The van der Waals surface area contributed by atoms with E-state index < -0.39 is 0 Å². The van der Waals surface area contributed by atoms with Crippen LogP contribution in [0.2, 0.25) is 0 Å². The fourth-order valence-electron chi connectivity index (χ4n) is 1.64. The van der Waals surface area contributed by atoms with Gasteiger partial charge in [0.15, 0.2) is 0 Å².